The lowest BCUT2D eigenvalue weighted by Crippen LogP contribution is -2.16. The van der Waals surface area contributed by atoms with Crippen LogP contribution < -0.4 is 9.47 Å². The summed E-state index contributed by atoms with van der Waals surface area (Å²) < 4.78 is 34.8. The van der Waals surface area contributed by atoms with E-state index in [1.807, 2.05) is 19.1 Å². The molecule has 0 aliphatic heterocycles. The summed E-state index contributed by atoms with van der Waals surface area (Å²) in [6.45, 7) is 4.14. The Morgan fingerprint density at radius 3 is 2.45 bits per heavy atom. The standard InChI is InChI=1S/C13H18Br2O4S/c1-3-18-12-8-10(9-14)7-11(15)13(12)19-5-6-20(16,17)4-2/h7-8H,3-6,9H2,1-2H3. The van der Waals surface area contributed by atoms with Crippen molar-refractivity contribution in [3.8, 4) is 11.5 Å². The first-order valence-corrected chi connectivity index (χ1v) is 10.0. The lowest BCUT2D eigenvalue weighted by Gasteiger charge is -2.15. The van der Waals surface area contributed by atoms with Gasteiger partial charge in [0.05, 0.1) is 16.8 Å². The van der Waals surface area contributed by atoms with Gasteiger partial charge >= 0.3 is 0 Å². The molecule has 0 aromatic heterocycles. The van der Waals surface area contributed by atoms with Gasteiger partial charge in [-0.05, 0) is 40.5 Å². The Bertz CT molecular complexity index is 544. The minimum Gasteiger partial charge on any atom is -0.490 e. The smallest absolute Gasteiger partial charge is 0.175 e. The van der Waals surface area contributed by atoms with Gasteiger partial charge in [-0.3, -0.25) is 0 Å². The number of rotatable bonds is 8. The highest BCUT2D eigenvalue weighted by Gasteiger charge is 2.14. The van der Waals surface area contributed by atoms with Gasteiger partial charge in [-0.15, -0.1) is 0 Å². The van der Waals surface area contributed by atoms with Crippen LogP contribution in [0.25, 0.3) is 0 Å². The second kappa shape index (κ2) is 8.24. The fourth-order valence-corrected chi connectivity index (χ4v) is 3.07. The van der Waals surface area contributed by atoms with Gasteiger partial charge < -0.3 is 9.47 Å². The van der Waals surface area contributed by atoms with E-state index in [4.69, 9.17) is 9.47 Å². The molecule has 0 N–H and O–H groups in total. The van der Waals surface area contributed by atoms with Crippen molar-refractivity contribution in [2.45, 2.75) is 19.2 Å². The summed E-state index contributed by atoms with van der Waals surface area (Å²) in [5, 5.41) is 0.705. The average molecular weight is 430 g/mol. The average Bonchev–Trinajstić information content (AvgIpc) is 2.41. The van der Waals surface area contributed by atoms with Crippen molar-refractivity contribution in [2.24, 2.45) is 0 Å². The third kappa shape index (κ3) is 5.26. The zero-order valence-corrected chi connectivity index (χ0v) is 15.5. The van der Waals surface area contributed by atoms with Crippen molar-refractivity contribution >= 4 is 41.7 Å². The van der Waals surface area contributed by atoms with Gasteiger partial charge in [-0.2, -0.15) is 0 Å². The number of benzene rings is 1. The maximum atomic E-state index is 11.5. The molecule has 114 valence electrons. The monoisotopic (exact) mass is 428 g/mol. The molecule has 0 atom stereocenters. The fourth-order valence-electron chi connectivity index (χ4n) is 1.52. The van der Waals surface area contributed by atoms with Crippen LogP contribution in [0.15, 0.2) is 16.6 Å². The Morgan fingerprint density at radius 1 is 1.20 bits per heavy atom. The largest absolute Gasteiger partial charge is 0.490 e. The molecule has 0 aliphatic carbocycles. The summed E-state index contributed by atoms with van der Waals surface area (Å²) in [6.07, 6.45) is 0. The van der Waals surface area contributed by atoms with Crippen LogP contribution in [0.4, 0.5) is 0 Å². The topological polar surface area (TPSA) is 52.6 Å². The molecule has 0 unspecified atom stereocenters. The summed E-state index contributed by atoms with van der Waals surface area (Å²) >= 11 is 6.82. The molecule has 0 amide bonds. The van der Waals surface area contributed by atoms with Crippen molar-refractivity contribution in [3.05, 3.63) is 22.2 Å². The molecule has 1 rings (SSSR count). The molecule has 0 aliphatic rings. The van der Waals surface area contributed by atoms with Crippen molar-refractivity contribution < 1.29 is 17.9 Å². The second-order valence-electron chi connectivity index (χ2n) is 4.06. The van der Waals surface area contributed by atoms with Crippen LogP contribution in [0.3, 0.4) is 0 Å². The Balaban J connectivity index is 2.87. The number of sulfone groups is 1. The fraction of sp³-hybridized carbons (Fsp3) is 0.538. The summed E-state index contributed by atoms with van der Waals surface area (Å²) in [6, 6.07) is 3.80. The van der Waals surface area contributed by atoms with Crippen LogP contribution >= 0.6 is 31.9 Å². The van der Waals surface area contributed by atoms with E-state index in [1.54, 1.807) is 6.92 Å². The van der Waals surface area contributed by atoms with Gasteiger partial charge in [0, 0.05) is 11.1 Å². The predicted octanol–water partition coefficient (Wildman–Crippen LogP) is 3.56. The molecule has 0 heterocycles. The first kappa shape index (κ1) is 17.8. The van der Waals surface area contributed by atoms with E-state index in [0.29, 0.717) is 23.4 Å². The Morgan fingerprint density at radius 2 is 1.90 bits per heavy atom. The number of hydrogen-bond acceptors (Lipinski definition) is 4. The summed E-state index contributed by atoms with van der Waals surface area (Å²) in [5.74, 6) is 1.29. The minimum atomic E-state index is -3.03. The molecule has 20 heavy (non-hydrogen) atoms. The quantitative estimate of drug-likeness (QED) is 0.593. The van der Waals surface area contributed by atoms with Crippen molar-refractivity contribution in [1.29, 1.82) is 0 Å². The van der Waals surface area contributed by atoms with E-state index in [9.17, 15) is 8.42 Å². The van der Waals surface area contributed by atoms with Crippen LogP contribution in [0.2, 0.25) is 0 Å². The van der Waals surface area contributed by atoms with Crippen molar-refractivity contribution in [2.75, 3.05) is 24.7 Å². The number of hydrogen-bond donors (Lipinski definition) is 0. The number of alkyl halides is 1. The van der Waals surface area contributed by atoms with E-state index in [2.05, 4.69) is 31.9 Å². The lowest BCUT2D eigenvalue weighted by atomic mass is 10.2. The van der Waals surface area contributed by atoms with E-state index in [-0.39, 0.29) is 18.1 Å². The highest BCUT2D eigenvalue weighted by molar-refractivity contribution is 9.10. The molecule has 0 spiro atoms. The maximum Gasteiger partial charge on any atom is 0.175 e. The SMILES string of the molecule is CCOc1cc(CBr)cc(Br)c1OCCS(=O)(=O)CC. The molecular formula is C13H18Br2O4S. The van der Waals surface area contributed by atoms with Crippen LogP contribution in [-0.2, 0) is 15.2 Å². The van der Waals surface area contributed by atoms with E-state index < -0.39 is 9.84 Å². The molecule has 4 nitrogen and oxygen atoms in total. The minimum absolute atomic E-state index is 0.00169. The molecule has 0 fully saturated rings. The Labute approximate surface area is 137 Å². The molecule has 0 saturated carbocycles. The predicted molar refractivity (Wildman–Crippen MR) is 87.8 cm³/mol. The van der Waals surface area contributed by atoms with Gasteiger partial charge in [-0.1, -0.05) is 22.9 Å². The number of ether oxygens (including phenoxy) is 2. The summed E-state index contributed by atoms with van der Waals surface area (Å²) in [7, 11) is -3.03. The molecule has 7 heteroatoms. The van der Waals surface area contributed by atoms with Crippen molar-refractivity contribution in [3.63, 3.8) is 0 Å². The first-order chi connectivity index (χ1) is 9.43. The third-order valence-corrected chi connectivity index (χ3v) is 5.51. The van der Waals surface area contributed by atoms with Gasteiger partial charge in [-0.25, -0.2) is 8.42 Å². The molecule has 0 saturated heterocycles. The van der Waals surface area contributed by atoms with Crippen LogP contribution in [0, 0.1) is 0 Å². The Hall–Kier alpha value is -0.270. The molecule has 0 bridgehead atoms. The second-order valence-corrected chi connectivity index (χ2v) is 7.94. The molecule has 1 aromatic rings. The third-order valence-electron chi connectivity index (χ3n) is 2.60. The van der Waals surface area contributed by atoms with Crippen LogP contribution in [0.5, 0.6) is 11.5 Å². The first-order valence-electron chi connectivity index (χ1n) is 6.27. The van der Waals surface area contributed by atoms with Gasteiger partial charge in [0.25, 0.3) is 0 Å². The molecule has 1 aromatic carbocycles. The lowest BCUT2D eigenvalue weighted by molar-refractivity contribution is 0.286. The van der Waals surface area contributed by atoms with E-state index >= 15 is 0 Å². The van der Waals surface area contributed by atoms with Gasteiger partial charge in [0.2, 0.25) is 0 Å². The van der Waals surface area contributed by atoms with Gasteiger partial charge in [0.1, 0.15) is 6.61 Å². The Kier molecular flexibility index (Phi) is 7.33. The van der Waals surface area contributed by atoms with E-state index in [1.165, 1.54) is 0 Å². The zero-order valence-electron chi connectivity index (χ0n) is 11.5. The zero-order chi connectivity index (χ0) is 15.2. The van der Waals surface area contributed by atoms with Crippen LogP contribution in [-0.4, -0.2) is 33.1 Å². The summed E-state index contributed by atoms with van der Waals surface area (Å²) in [4.78, 5) is 0. The highest BCUT2D eigenvalue weighted by atomic mass is 79.9. The van der Waals surface area contributed by atoms with Crippen LogP contribution in [0.1, 0.15) is 19.4 Å². The normalized spacial score (nSPS) is 11.4. The molecule has 0 radical (unpaired) electrons. The van der Waals surface area contributed by atoms with E-state index in [0.717, 1.165) is 10.0 Å². The van der Waals surface area contributed by atoms with Crippen molar-refractivity contribution in [1.82, 2.24) is 0 Å². The molecular weight excluding hydrogens is 412 g/mol. The summed E-state index contributed by atoms with van der Waals surface area (Å²) in [5.41, 5.74) is 1.05. The van der Waals surface area contributed by atoms with Gasteiger partial charge in [0.15, 0.2) is 21.3 Å². The number of halogens is 2. The highest BCUT2D eigenvalue weighted by Crippen LogP contribution is 2.37. The maximum absolute atomic E-state index is 11.5.